The van der Waals surface area contributed by atoms with Crippen LogP contribution in [0, 0.1) is 5.41 Å². The van der Waals surface area contributed by atoms with E-state index in [1.807, 2.05) is 39.0 Å². The number of hydrogen-bond donors (Lipinski definition) is 2. The minimum atomic E-state index is -0.502. The van der Waals surface area contributed by atoms with Crippen molar-refractivity contribution in [2.24, 2.45) is 0 Å². The third-order valence-electron chi connectivity index (χ3n) is 2.06. The molecule has 0 fully saturated rings. The molecule has 0 aliphatic carbocycles. The Morgan fingerprint density at radius 2 is 2.17 bits per heavy atom. The normalized spacial score (nSPS) is 10.9. The summed E-state index contributed by atoms with van der Waals surface area (Å²) in [5.41, 5.74) is 1.19. The van der Waals surface area contributed by atoms with Crippen LogP contribution in [0.1, 0.15) is 31.9 Å². The molecule has 0 radical (unpaired) electrons. The van der Waals surface area contributed by atoms with Gasteiger partial charge < -0.3 is 15.5 Å². The van der Waals surface area contributed by atoms with Gasteiger partial charge in [-0.3, -0.25) is 0 Å². The highest BCUT2D eigenvalue weighted by atomic mass is 79.9. The number of ether oxygens (including phenoxy) is 1. The second-order valence-electron chi connectivity index (χ2n) is 4.85. The third-order valence-corrected chi connectivity index (χ3v) is 2.83. The van der Waals surface area contributed by atoms with E-state index < -0.39 is 11.7 Å². The molecule has 0 heterocycles. The number of carbonyl (C=O) groups excluding carboxylic acids is 1. The summed E-state index contributed by atoms with van der Waals surface area (Å²) in [5, 5.41) is 9.87. The van der Waals surface area contributed by atoms with E-state index in [0.29, 0.717) is 6.54 Å². The molecule has 0 aromatic heterocycles. The first-order valence-corrected chi connectivity index (χ1v) is 6.37. The third kappa shape index (κ3) is 4.87. The topological polar surface area (TPSA) is 62.2 Å². The van der Waals surface area contributed by atoms with Crippen LogP contribution in [0.25, 0.3) is 0 Å². The highest BCUT2D eigenvalue weighted by molar-refractivity contribution is 9.10. The molecule has 0 atom stereocenters. The average molecular weight is 313 g/mol. The van der Waals surface area contributed by atoms with Crippen LogP contribution in [0.3, 0.4) is 0 Å². The molecule has 1 rings (SSSR count). The van der Waals surface area contributed by atoms with Crippen LogP contribution >= 0.6 is 15.9 Å². The van der Waals surface area contributed by atoms with E-state index in [4.69, 9.17) is 10.1 Å². The fourth-order valence-electron chi connectivity index (χ4n) is 1.30. The summed E-state index contributed by atoms with van der Waals surface area (Å²) >= 11 is 3.40. The molecular formula is C13H17BrN2O2. The van der Waals surface area contributed by atoms with E-state index in [1.54, 1.807) is 0 Å². The van der Waals surface area contributed by atoms with Gasteiger partial charge in [0.1, 0.15) is 5.60 Å². The maximum Gasteiger partial charge on any atom is 0.407 e. The van der Waals surface area contributed by atoms with Crippen molar-refractivity contribution in [2.45, 2.75) is 32.9 Å². The van der Waals surface area contributed by atoms with Crippen molar-refractivity contribution in [1.82, 2.24) is 5.32 Å². The lowest BCUT2D eigenvalue weighted by Crippen LogP contribution is -2.32. The minimum Gasteiger partial charge on any atom is -0.444 e. The number of nitrogens with one attached hydrogen (secondary N) is 2. The van der Waals surface area contributed by atoms with E-state index in [0.717, 1.165) is 15.6 Å². The number of alkyl carbamates (subject to hydrolysis) is 1. The smallest absolute Gasteiger partial charge is 0.407 e. The van der Waals surface area contributed by atoms with Crippen molar-refractivity contribution in [3.05, 3.63) is 33.8 Å². The maximum atomic E-state index is 11.5. The lowest BCUT2D eigenvalue weighted by Gasteiger charge is -2.19. The lowest BCUT2D eigenvalue weighted by molar-refractivity contribution is 0.0523. The molecule has 0 aliphatic rings. The molecule has 5 heteroatoms. The van der Waals surface area contributed by atoms with Gasteiger partial charge in [0, 0.05) is 17.2 Å². The van der Waals surface area contributed by atoms with Crippen molar-refractivity contribution in [3.8, 4) is 0 Å². The van der Waals surface area contributed by atoms with Gasteiger partial charge in [0.2, 0.25) is 0 Å². The van der Waals surface area contributed by atoms with Gasteiger partial charge in [-0.25, -0.2) is 4.79 Å². The van der Waals surface area contributed by atoms with Gasteiger partial charge in [0.05, 0.1) is 0 Å². The number of amides is 1. The lowest BCUT2D eigenvalue weighted by atomic mass is 10.1. The van der Waals surface area contributed by atoms with E-state index in [9.17, 15) is 4.79 Å². The zero-order valence-corrected chi connectivity index (χ0v) is 12.3. The fourth-order valence-corrected chi connectivity index (χ4v) is 1.69. The van der Waals surface area contributed by atoms with Crippen LogP contribution in [0.5, 0.6) is 0 Å². The molecule has 1 aromatic rings. The maximum absolute atomic E-state index is 11.5. The molecule has 4 nitrogen and oxygen atoms in total. The van der Waals surface area contributed by atoms with Gasteiger partial charge in [-0.2, -0.15) is 0 Å². The Hall–Kier alpha value is -1.36. The summed E-state index contributed by atoms with van der Waals surface area (Å²) in [5.74, 6) is 0. The SMILES string of the molecule is CC(C)(C)OC(=O)NCc1cc(C=N)ccc1Br. The largest absolute Gasteiger partial charge is 0.444 e. The molecule has 2 N–H and O–H groups in total. The number of carbonyl (C=O) groups is 1. The summed E-state index contributed by atoms with van der Waals surface area (Å²) in [6, 6.07) is 5.52. The summed E-state index contributed by atoms with van der Waals surface area (Å²) in [6.45, 7) is 5.81. The Labute approximate surface area is 115 Å². The van der Waals surface area contributed by atoms with Gasteiger partial charge in [0.15, 0.2) is 0 Å². The molecule has 0 aliphatic heterocycles. The second kappa shape index (κ2) is 6.00. The number of rotatable bonds is 3. The first-order valence-electron chi connectivity index (χ1n) is 5.57. The van der Waals surface area contributed by atoms with E-state index in [2.05, 4.69) is 21.2 Å². The van der Waals surface area contributed by atoms with Crippen molar-refractivity contribution < 1.29 is 9.53 Å². The molecule has 0 bridgehead atoms. The number of benzene rings is 1. The predicted molar refractivity (Wildman–Crippen MR) is 75.1 cm³/mol. The average Bonchev–Trinajstić information content (AvgIpc) is 2.25. The molecular weight excluding hydrogens is 296 g/mol. The molecule has 0 unspecified atom stereocenters. The monoisotopic (exact) mass is 312 g/mol. The van der Waals surface area contributed by atoms with Gasteiger partial charge in [0.25, 0.3) is 0 Å². The van der Waals surface area contributed by atoms with Gasteiger partial charge in [-0.15, -0.1) is 0 Å². The predicted octanol–water partition coefficient (Wildman–Crippen LogP) is 3.47. The molecule has 0 saturated heterocycles. The first-order chi connectivity index (χ1) is 8.31. The van der Waals surface area contributed by atoms with Gasteiger partial charge in [-0.05, 0) is 44.0 Å². The molecule has 18 heavy (non-hydrogen) atoms. The van der Waals surface area contributed by atoms with E-state index >= 15 is 0 Å². The molecule has 98 valence electrons. The van der Waals surface area contributed by atoms with Crippen molar-refractivity contribution in [1.29, 1.82) is 5.41 Å². The highest BCUT2D eigenvalue weighted by Gasteiger charge is 2.15. The molecule has 1 amide bonds. The Morgan fingerprint density at radius 1 is 1.50 bits per heavy atom. The summed E-state index contributed by atoms with van der Waals surface area (Å²) in [7, 11) is 0. The van der Waals surface area contributed by atoms with Crippen LogP contribution in [-0.4, -0.2) is 17.9 Å². The Morgan fingerprint density at radius 3 is 2.72 bits per heavy atom. The van der Waals surface area contributed by atoms with Crippen LogP contribution in [0.2, 0.25) is 0 Å². The van der Waals surface area contributed by atoms with Crippen molar-refractivity contribution in [3.63, 3.8) is 0 Å². The van der Waals surface area contributed by atoms with E-state index in [1.165, 1.54) is 6.21 Å². The van der Waals surface area contributed by atoms with Gasteiger partial charge in [-0.1, -0.05) is 22.0 Å². The zero-order chi connectivity index (χ0) is 13.8. The quantitative estimate of drug-likeness (QED) is 0.839. The van der Waals surface area contributed by atoms with Crippen molar-refractivity contribution in [2.75, 3.05) is 0 Å². The Kier molecular flexibility index (Phi) is 4.90. The highest BCUT2D eigenvalue weighted by Crippen LogP contribution is 2.17. The number of hydrogen-bond acceptors (Lipinski definition) is 3. The van der Waals surface area contributed by atoms with E-state index in [-0.39, 0.29) is 0 Å². The minimum absolute atomic E-state index is 0.358. The Balaban J connectivity index is 2.63. The summed E-state index contributed by atoms with van der Waals surface area (Å²) < 4.78 is 6.04. The summed E-state index contributed by atoms with van der Waals surface area (Å²) in [4.78, 5) is 11.5. The molecule has 0 saturated carbocycles. The van der Waals surface area contributed by atoms with Crippen LogP contribution in [0.15, 0.2) is 22.7 Å². The van der Waals surface area contributed by atoms with Crippen LogP contribution in [-0.2, 0) is 11.3 Å². The first kappa shape index (κ1) is 14.7. The van der Waals surface area contributed by atoms with Crippen molar-refractivity contribution >= 4 is 28.2 Å². The molecule has 0 spiro atoms. The van der Waals surface area contributed by atoms with Crippen LogP contribution < -0.4 is 5.32 Å². The number of halogens is 1. The summed E-state index contributed by atoms with van der Waals surface area (Å²) in [6.07, 6.45) is 0.818. The second-order valence-corrected chi connectivity index (χ2v) is 5.70. The zero-order valence-electron chi connectivity index (χ0n) is 10.7. The standard InChI is InChI=1S/C13H17BrN2O2/c1-13(2,3)18-12(17)16-8-10-6-9(7-15)4-5-11(10)14/h4-7,15H,8H2,1-3H3,(H,16,17). The van der Waals surface area contributed by atoms with Crippen LogP contribution in [0.4, 0.5) is 4.79 Å². The fraction of sp³-hybridized carbons (Fsp3) is 0.385. The molecule has 1 aromatic carbocycles. The Bertz CT molecular complexity index is 453. The van der Waals surface area contributed by atoms with Gasteiger partial charge >= 0.3 is 6.09 Å².